The summed E-state index contributed by atoms with van der Waals surface area (Å²) in [7, 11) is 0. The number of carboxylic acids is 2. The third-order valence-electron chi connectivity index (χ3n) is 7.72. The number of para-hydroxylation sites is 1. The molecule has 6 nitrogen and oxygen atoms in total. The molecule has 0 radical (unpaired) electrons. The summed E-state index contributed by atoms with van der Waals surface area (Å²) in [4.78, 5) is 37.1. The number of rotatable bonds is 16. The molecular formula is C35H39NO5. The van der Waals surface area contributed by atoms with Gasteiger partial charge >= 0.3 is 11.9 Å². The van der Waals surface area contributed by atoms with E-state index >= 15 is 0 Å². The number of fused-ring (bicyclic) bond motifs is 1. The predicted octanol–water partition coefficient (Wildman–Crippen LogP) is 8.86. The molecule has 0 aliphatic rings. The van der Waals surface area contributed by atoms with E-state index in [1.54, 1.807) is 28.8 Å². The highest BCUT2D eigenvalue weighted by molar-refractivity contribution is 6.15. The summed E-state index contributed by atoms with van der Waals surface area (Å²) >= 11 is 0. The Morgan fingerprint density at radius 2 is 1.22 bits per heavy atom. The summed E-state index contributed by atoms with van der Waals surface area (Å²) in [6.45, 7) is 2.53. The lowest BCUT2D eigenvalue weighted by molar-refractivity contribution is 0.0676. The molecule has 0 saturated carbocycles. The van der Waals surface area contributed by atoms with Crippen molar-refractivity contribution in [2.24, 2.45) is 0 Å². The van der Waals surface area contributed by atoms with Crippen LogP contribution in [-0.4, -0.2) is 32.5 Å². The third kappa shape index (κ3) is 7.51. The topological polar surface area (TPSA) is 96.6 Å². The van der Waals surface area contributed by atoms with Crippen molar-refractivity contribution in [3.8, 4) is 11.1 Å². The summed E-state index contributed by atoms with van der Waals surface area (Å²) in [6, 6.07) is 21.9. The van der Waals surface area contributed by atoms with Crippen LogP contribution >= 0.6 is 0 Å². The van der Waals surface area contributed by atoms with Gasteiger partial charge in [-0.1, -0.05) is 113 Å². The van der Waals surface area contributed by atoms with Crippen LogP contribution < -0.4 is 0 Å². The second-order valence-electron chi connectivity index (χ2n) is 10.7. The number of carboxylic acid groups (broad SMARTS) is 2. The second-order valence-corrected chi connectivity index (χ2v) is 10.7. The maximum Gasteiger partial charge on any atom is 0.353 e. The van der Waals surface area contributed by atoms with E-state index in [9.17, 15) is 19.5 Å². The minimum Gasteiger partial charge on any atom is -0.478 e. The van der Waals surface area contributed by atoms with E-state index < -0.39 is 11.9 Å². The normalized spacial score (nSPS) is 11.1. The average Bonchev–Trinajstić information content (AvgIpc) is 3.31. The number of hydrogen-bond acceptors (Lipinski definition) is 3. The first-order valence-corrected chi connectivity index (χ1v) is 14.7. The fraction of sp³-hybridized carbons (Fsp3) is 0.343. The molecule has 1 aromatic heterocycles. The standard InChI is InChI=1S/C35H39NO5/c1-2-3-4-5-6-7-8-9-10-15-31(37)32-29-13-11-12-14-30(29)36(33(32)35(40)41)24-25-16-18-26(19-17-25)27-20-22-28(23-21-27)34(38)39/h11-14,16-23H,2-10,15,24H2,1H3,(H,38,39)(H,40,41). The summed E-state index contributed by atoms with van der Waals surface area (Å²) in [5.41, 5.74) is 4.03. The van der Waals surface area contributed by atoms with Gasteiger partial charge in [-0.05, 0) is 41.3 Å². The Morgan fingerprint density at radius 3 is 1.80 bits per heavy atom. The number of carbonyl (C=O) groups is 3. The minimum absolute atomic E-state index is 0.0421. The van der Waals surface area contributed by atoms with Crippen LogP contribution in [0, 0.1) is 0 Å². The fourth-order valence-corrected chi connectivity index (χ4v) is 5.48. The lowest BCUT2D eigenvalue weighted by Crippen LogP contribution is -2.14. The summed E-state index contributed by atoms with van der Waals surface area (Å²) in [5.74, 6) is -2.18. The molecule has 0 unspecified atom stereocenters. The Kier molecular flexibility index (Phi) is 10.5. The van der Waals surface area contributed by atoms with Gasteiger partial charge in [0.05, 0.1) is 11.1 Å². The van der Waals surface area contributed by atoms with E-state index in [0.29, 0.717) is 23.9 Å². The van der Waals surface area contributed by atoms with Gasteiger partial charge < -0.3 is 14.8 Å². The molecular weight excluding hydrogens is 514 g/mol. The van der Waals surface area contributed by atoms with Gasteiger partial charge in [-0.15, -0.1) is 0 Å². The zero-order valence-corrected chi connectivity index (χ0v) is 23.8. The van der Waals surface area contributed by atoms with Crippen LogP contribution in [-0.2, 0) is 6.54 Å². The number of carbonyl (C=O) groups excluding carboxylic acids is 1. The first-order valence-electron chi connectivity index (χ1n) is 14.7. The van der Waals surface area contributed by atoms with Crippen molar-refractivity contribution < 1.29 is 24.6 Å². The van der Waals surface area contributed by atoms with Crippen LogP contribution in [0.4, 0.5) is 0 Å². The highest BCUT2D eigenvalue weighted by atomic mass is 16.4. The van der Waals surface area contributed by atoms with Crippen LogP contribution in [0.15, 0.2) is 72.8 Å². The zero-order valence-electron chi connectivity index (χ0n) is 23.8. The van der Waals surface area contributed by atoms with Crippen LogP contribution in [0.2, 0.25) is 0 Å². The molecule has 214 valence electrons. The number of aromatic carboxylic acids is 2. The molecule has 4 aromatic rings. The van der Waals surface area contributed by atoms with Crippen molar-refractivity contribution in [1.29, 1.82) is 0 Å². The van der Waals surface area contributed by atoms with E-state index in [1.807, 2.05) is 48.5 Å². The molecule has 4 rings (SSSR count). The van der Waals surface area contributed by atoms with Gasteiger partial charge in [-0.25, -0.2) is 9.59 Å². The van der Waals surface area contributed by atoms with Crippen molar-refractivity contribution in [2.75, 3.05) is 0 Å². The molecule has 0 atom stereocenters. The van der Waals surface area contributed by atoms with Crippen molar-refractivity contribution >= 4 is 28.6 Å². The Hall–Kier alpha value is -4.19. The quantitative estimate of drug-likeness (QED) is 0.107. The van der Waals surface area contributed by atoms with Gasteiger partial charge in [-0.2, -0.15) is 0 Å². The Bertz CT molecular complexity index is 1480. The molecule has 0 fully saturated rings. The maximum atomic E-state index is 13.4. The highest BCUT2D eigenvalue weighted by Gasteiger charge is 2.26. The van der Waals surface area contributed by atoms with Gasteiger partial charge in [0.2, 0.25) is 0 Å². The van der Waals surface area contributed by atoms with Gasteiger partial charge in [0.1, 0.15) is 5.69 Å². The number of unbranched alkanes of at least 4 members (excludes halogenated alkanes) is 8. The minimum atomic E-state index is -1.10. The fourth-order valence-electron chi connectivity index (χ4n) is 5.48. The second kappa shape index (κ2) is 14.4. The van der Waals surface area contributed by atoms with Crippen LogP contribution in [0.1, 0.15) is 108 Å². The van der Waals surface area contributed by atoms with Crippen LogP contribution in [0.25, 0.3) is 22.0 Å². The molecule has 0 bridgehead atoms. The van der Waals surface area contributed by atoms with Gasteiger partial charge in [0.15, 0.2) is 5.78 Å². The summed E-state index contributed by atoms with van der Waals surface area (Å²) < 4.78 is 1.73. The van der Waals surface area contributed by atoms with E-state index in [0.717, 1.165) is 41.5 Å². The number of benzene rings is 3. The number of hydrogen-bond donors (Lipinski definition) is 2. The summed E-state index contributed by atoms with van der Waals surface area (Å²) in [6.07, 6.45) is 10.7. The summed E-state index contributed by atoms with van der Waals surface area (Å²) in [5, 5.41) is 20.1. The van der Waals surface area contributed by atoms with Crippen LogP contribution in [0.5, 0.6) is 0 Å². The van der Waals surface area contributed by atoms with Gasteiger partial charge in [0, 0.05) is 23.9 Å². The zero-order chi connectivity index (χ0) is 29.2. The first-order chi connectivity index (χ1) is 19.9. The van der Waals surface area contributed by atoms with E-state index in [2.05, 4.69) is 6.92 Å². The Balaban J connectivity index is 1.49. The molecule has 0 aliphatic heterocycles. The smallest absolute Gasteiger partial charge is 0.353 e. The number of nitrogens with zero attached hydrogens (tertiary/aromatic N) is 1. The molecule has 1 heterocycles. The van der Waals surface area contributed by atoms with Crippen molar-refractivity contribution in [2.45, 2.75) is 77.7 Å². The Labute approximate surface area is 241 Å². The lowest BCUT2D eigenvalue weighted by Gasteiger charge is -2.10. The average molecular weight is 554 g/mol. The molecule has 0 saturated heterocycles. The third-order valence-corrected chi connectivity index (χ3v) is 7.72. The lowest BCUT2D eigenvalue weighted by atomic mass is 10.00. The molecule has 6 heteroatoms. The predicted molar refractivity (Wildman–Crippen MR) is 163 cm³/mol. The SMILES string of the molecule is CCCCCCCCCCCC(=O)c1c(C(=O)O)n(Cc2ccc(-c3ccc(C(=O)O)cc3)cc2)c2ccccc12. The van der Waals surface area contributed by atoms with Crippen molar-refractivity contribution in [3.05, 3.63) is 95.2 Å². The molecule has 41 heavy (non-hydrogen) atoms. The number of ketones is 1. The Morgan fingerprint density at radius 1 is 0.659 bits per heavy atom. The van der Waals surface area contributed by atoms with E-state index in [1.165, 1.54) is 38.5 Å². The molecule has 0 aliphatic carbocycles. The monoisotopic (exact) mass is 553 g/mol. The number of Topliss-reactive ketones (excluding diaryl/α,β-unsaturated/α-hetero) is 1. The maximum absolute atomic E-state index is 13.4. The van der Waals surface area contributed by atoms with Gasteiger partial charge in [0.25, 0.3) is 0 Å². The molecule has 0 spiro atoms. The highest BCUT2D eigenvalue weighted by Crippen LogP contribution is 2.30. The van der Waals surface area contributed by atoms with E-state index in [-0.39, 0.29) is 17.0 Å². The molecule has 2 N–H and O–H groups in total. The van der Waals surface area contributed by atoms with Gasteiger partial charge in [-0.3, -0.25) is 4.79 Å². The largest absolute Gasteiger partial charge is 0.478 e. The van der Waals surface area contributed by atoms with E-state index in [4.69, 9.17) is 5.11 Å². The molecule has 0 amide bonds. The van der Waals surface area contributed by atoms with Crippen molar-refractivity contribution in [1.82, 2.24) is 4.57 Å². The number of aromatic nitrogens is 1. The van der Waals surface area contributed by atoms with Crippen LogP contribution in [0.3, 0.4) is 0 Å². The first kappa shape index (κ1) is 29.8. The molecule has 3 aromatic carbocycles. The van der Waals surface area contributed by atoms with Crippen molar-refractivity contribution in [3.63, 3.8) is 0 Å².